The summed E-state index contributed by atoms with van der Waals surface area (Å²) in [6.45, 7) is -1.36. The summed E-state index contributed by atoms with van der Waals surface area (Å²) in [4.78, 5) is 77.2. The Hall–Kier alpha value is -4.90. The van der Waals surface area contributed by atoms with E-state index in [-0.39, 0.29) is 56.8 Å². The summed E-state index contributed by atoms with van der Waals surface area (Å²) in [7, 11) is -15.9. The minimum atomic E-state index is -5.43. The lowest BCUT2D eigenvalue weighted by molar-refractivity contribution is -0.0644. The van der Waals surface area contributed by atoms with Crippen LogP contribution in [0, 0.1) is 6.92 Å². The third-order valence-electron chi connectivity index (χ3n) is 10.8. The minimum absolute atomic E-state index is 0.00764. The van der Waals surface area contributed by atoms with Gasteiger partial charge >= 0.3 is 23.5 Å². The average Bonchev–Trinajstić information content (AvgIpc) is 4.13. The van der Waals surface area contributed by atoms with Crippen molar-refractivity contribution >= 4 is 74.4 Å². The van der Waals surface area contributed by atoms with Gasteiger partial charge in [0.25, 0.3) is 0 Å². The highest BCUT2D eigenvalue weighted by molar-refractivity contribution is 7.47. The topological polar surface area (TPSA) is 496 Å². The summed E-state index contributed by atoms with van der Waals surface area (Å²) >= 11 is 0. The highest BCUT2D eigenvalue weighted by atomic mass is 31.2. The van der Waals surface area contributed by atoms with Gasteiger partial charge in [-0.05, 0) is 6.92 Å². The largest absolute Gasteiger partial charge is 0.472 e. The van der Waals surface area contributed by atoms with E-state index in [4.69, 9.17) is 49.5 Å². The van der Waals surface area contributed by atoms with Crippen molar-refractivity contribution in [2.75, 3.05) is 37.0 Å². The predicted octanol–water partition coefficient (Wildman–Crippen LogP) is -3.19. The van der Waals surface area contributed by atoms with Gasteiger partial charge in [-0.25, -0.2) is 58.6 Å². The molecule has 34 nitrogen and oxygen atoms in total. The standard InChI is InChI=1S/C31H40N15O19P3/c1-10-42-25(34)16-28(43-10)46(9-41-16)31-22(18(48)12(62-31)2-58-66(51,52)53)65-68(56,57)60-4-13-19(49)21(30(63-13)45-8-40-15-24(33)36-6-38-27(15)45)64-67(54,55)59-3-11-17(47)20(50)29(61-11)44-7-39-14-23(32)35-5-37-26(14)44/h5-9,11-13,17-22,29-31,47-50H,2-4H2,1H3,(H,54,55)(H,56,57)(H2,32,35,37)(H2,33,36,38)(H2,34,42,43)(H2,51,52,53)/t11-,12-,13-,17-,18-,19-,20-,21-,22-,29-,30-,31-/m1/s1. The molecular formula is C31H40N15O19P3. The van der Waals surface area contributed by atoms with Gasteiger partial charge in [-0.1, -0.05) is 0 Å². The van der Waals surface area contributed by atoms with Crippen LogP contribution in [-0.4, -0.2) is 173 Å². The lowest BCUT2D eigenvalue weighted by Gasteiger charge is -2.25. The third-order valence-corrected chi connectivity index (χ3v) is 13.3. The monoisotopic (exact) mass is 1020 g/mol. The Kier molecular flexibility index (Phi) is 12.8. The molecule has 3 fully saturated rings. The van der Waals surface area contributed by atoms with E-state index in [0.29, 0.717) is 0 Å². The number of nitrogens with two attached hydrogens (primary N) is 3. The van der Waals surface area contributed by atoms with E-state index in [1.54, 1.807) is 0 Å². The van der Waals surface area contributed by atoms with Crippen molar-refractivity contribution in [2.24, 2.45) is 0 Å². The molecule has 9 rings (SSSR count). The Morgan fingerprint density at radius 1 is 0.544 bits per heavy atom. The molecule has 3 aliphatic rings. The van der Waals surface area contributed by atoms with Gasteiger partial charge in [-0.2, -0.15) is 0 Å². The van der Waals surface area contributed by atoms with Crippen molar-refractivity contribution in [3.8, 4) is 0 Å². The molecule has 6 aromatic heterocycles. The fourth-order valence-corrected chi connectivity index (χ4v) is 9.91. The van der Waals surface area contributed by atoms with Gasteiger partial charge < -0.3 is 71.4 Å². The highest BCUT2D eigenvalue weighted by Gasteiger charge is 2.53. The zero-order valence-electron chi connectivity index (χ0n) is 34.4. The fourth-order valence-electron chi connectivity index (χ4n) is 7.71. The summed E-state index contributed by atoms with van der Waals surface area (Å²) in [5.74, 6) is 0.0504. The number of aromatic nitrogens is 12. The molecule has 0 aromatic carbocycles. The number of phosphoric ester groups is 3. The summed E-state index contributed by atoms with van der Waals surface area (Å²) in [6.07, 6.45) is -14.8. The first-order chi connectivity index (χ1) is 32.1. The Morgan fingerprint density at radius 2 is 0.956 bits per heavy atom. The van der Waals surface area contributed by atoms with Crippen LogP contribution in [0.1, 0.15) is 24.5 Å². The van der Waals surface area contributed by atoms with Crippen LogP contribution in [0.2, 0.25) is 0 Å². The molecule has 37 heteroatoms. The molecular weight excluding hydrogens is 979 g/mol. The lowest BCUT2D eigenvalue weighted by Crippen LogP contribution is -2.37. The molecule has 14 atom stereocenters. The van der Waals surface area contributed by atoms with Crippen LogP contribution in [0.5, 0.6) is 0 Å². The molecule has 0 amide bonds. The second kappa shape index (κ2) is 18.1. The molecule has 3 aliphatic heterocycles. The van der Waals surface area contributed by atoms with Crippen molar-refractivity contribution in [3.05, 3.63) is 37.5 Å². The smallest absolute Gasteiger partial charge is 0.387 e. The van der Waals surface area contributed by atoms with Gasteiger partial charge in [0.2, 0.25) is 0 Å². The third kappa shape index (κ3) is 9.29. The van der Waals surface area contributed by atoms with Gasteiger partial charge in [0.05, 0.1) is 38.8 Å². The number of fused-ring (bicyclic) bond motifs is 3. The van der Waals surface area contributed by atoms with Gasteiger partial charge in [0.15, 0.2) is 53.1 Å². The lowest BCUT2D eigenvalue weighted by atomic mass is 10.1. The number of rotatable bonds is 16. The van der Waals surface area contributed by atoms with E-state index >= 15 is 0 Å². The molecule has 368 valence electrons. The van der Waals surface area contributed by atoms with Crippen LogP contribution >= 0.6 is 23.5 Å². The van der Waals surface area contributed by atoms with Crippen LogP contribution in [0.15, 0.2) is 31.6 Å². The molecule has 9 heterocycles. The number of aliphatic hydroxyl groups is 4. The number of nitrogen functional groups attached to an aromatic ring is 3. The number of hydrogen-bond acceptors (Lipinski definition) is 27. The molecule has 14 N–H and O–H groups in total. The summed E-state index contributed by atoms with van der Waals surface area (Å²) < 4.78 is 85.7. The second-order valence-electron chi connectivity index (χ2n) is 15.3. The maximum absolute atomic E-state index is 13.7. The zero-order valence-corrected chi connectivity index (χ0v) is 37.1. The molecule has 0 aliphatic carbocycles. The zero-order chi connectivity index (χ0) is 48.6. The van der Waals surface area contributed by atoms with Crippen LogP contribution in [-0.2, 0) is 50.5 Å². The molecule has 2 unspecified atom stereocenters. The predicted molar refractivity (Wildman–Crippen MR) is 219 cm³/mol. The summed E-state index contributed by atoms with van der Waals surface area (Å²) in [5.41, 5.74) is 18.2. The first kappa shape index (κ1) is 48.1. The number of imidazole rings is 3. The highest BCUT2D eigenvalue weighted by Crippen LogP contribution is 2.53. The molecule has 0 bridgehead atoms. The molecule has 3 saturated heterocycles. The first-order valence-corrected chi connectivity index (χ1v) is 24.1. The number of anilines is 3. The van der Waals surface area contributed by atoms with E-state index in [9.17, 15) is 53.7 Å². The fraction of sp³-hybridized carbons (Fsp3) is 0.516. The summed E-state index contributed by atoms with van der Waals surface area (Å²) in [5, 5.41) is 44.5. The van der Waals surface area contributed by atoms with Crippen molar-refractivity contribution in [1.82, 2.24) is 58.6 Å². The van der Waals surface area contributed by atoms with E-state index in [1.807, 2.05) is 0 Å². The Morgan fingerprint density at radius 3 is 1.44 bits per heavy atom. The van der Waals surface area contributed by atoms with Gasteiger partial charge in [-0.3, -0.25) is 36.3 Å². The second-order valence-corrected chi connectivity index (χ2v) is 19.3. The molecule has 0 spiro atoms. The Balaban J connectivity index is 0.923. The number of aryl methyl sites for hydroxylation is 1. The van der Waals surface area contributed by atoms with E-state index in [2.05, 4.69) is 49.4 Å². The van der Waals surface area contributed by atoms with E-state index < -0.39 is 117 Å². The number of hydrogen-bond donors (Lipinski definition) is 11. The SMILES string of the molecule is Cc1nc(N)c2ncn([C@@H]3O[C@H](COP(=O)(O)O)[C@@H](O)[C@H]3OP(=O)(O)OC[C@H]3O[C@@H](n4cnc5c(N)ncnc54)[C@H](OP(=O)(O)OC[C@H]4O[C@@H](n5cnc6c(N)ncnc65)[C@H](O)[C@@H]4O)[C@@H]3O)c2n1. The van der Waals surface area contributed by atoms with Crippen LogP contribution in [0.4, 0.5) is 17.5 Å². The van der Waals surface area contributed by atoms with E-state index in [1.165, 1.54) is 17.8 Å². The summed E-state index contributed by atoms with van der Waals surface area (Å²) in [6, 6.07) is 0. The van der Waals surface area contributed by atoms with Crippen LogP contribution < -0.4 is 17.2 Å². The van der Waals surface area contributed by atoms with E-state index in [0.717, 1.165) is 34.4 Å². The minimum Gasteiger partial charge on any atom is -0.387 e. The molecule has 6 aromatic rings. The van der Waals surface area contributed by atoms with Crippen molar-refractivity contribution < 1.29 is 90.5 Å². The normalized spacial score (nSPS) is 30.7. The van der Waals surface area contributed by atoms with Crippen LogP contribution in [0.25, 0.3) is 33.5 Å². The Bertz CT molecular complexity index is 3000. The molecule has 0 radical (unpaired) electrons. The maximum atomic E-state index is 13.7. The van der Waals surface area contributed by atoms with Crippen molar-refractivity contribution in [3.63, 3.8) is 0 Å². The van der Waals surface area contributed by atoms with Gasteiger partial charge in [0, 0.05) is 0 Å². The number of nitrogens with zero attached hydrogens (tertiary/aromatic N) is 12. The quantitative estimate of drug-likeness (QED) is 0.0426. The maximum Gasteiger partial charge on any atom is 0.472 e. The van der Waals surface area contributed by atoms with Gasteiger partial charge in [-0.15, -0.1) is 0 Å². The number of phosphoric acid groups is 3. The van der Waals surface area contributed by atoms with Gasteiger partial charge in [0.1, 0.15) is 90.0 Å². The first-order valence-electron chi connectivity index (χ1n) is 19.6. The Labute approximate surface area is 378 Å². The van der Waals surface area contributed by atoms with Crippen molar-refractivity contribution in [1.29, 1.82) is 0 Å². The number of ether oxygens (including phenoxy) is 3. The van der Waals surface area contributed by atoms with Crippen molar-refractivity contribution in [2.45, 2.75) is 80.5 Å². The van der Waals surface area contributed by atoms with Crippen LogP contribution in [0.3, 0.4) is 0 Å². The average molecular weight is 1020 g/mol. The molecule has 68 heavy (non-hydrogen) atoms. The molecule has 0 saturated carbocycles. The number of aliphatic hydroxyl groups excluding tert-OH is 4.